The van der Waals surface area contributed by atoms with Crippen LogP contribution in [0, 0.1) is 11.6 Å². The molecule has 3 rings (SSSR count). The second kappa shape index (κ2) is 5.20. The summed E-state index contributed by atoms with van der Waals surface area (Å²) < 4.78 is 28.1. The van der Waals surface area contributed by atoms with Gasteiger partial charge in [-0.1, -0.05) is 30.3 Å². The molecule has 0 saturated heterocycles. The van der Waals surface area contributed by atoms with Crippen LogP contribution in [0.25, 0.3) is 10.1 Å². The second-order valence-electron chi connectivity index (χ2n) is 5.31. The van der Waals surface area contributed by atoms with Crippen LogP contribution in [-0.4, -0.2) is 5.11 Å². The van der Waals surface area contributed by atoms with Crippen molar-refractivity contribution in [2.75, 3.05) is 0 Å². The van der Waals surface area contributed by atoms with Crippen molar-refractivity contribution in [3.05, 3.63) is 70.6 Å². The first kappa shape index (κ1) is 14.2. The maximum Gasteiger partial charge on any atom is 0.162 e. The van der Waals surface area contributed by atoms with Crippen molar-refractivity contribution in [1.29, 1.82) is 0 Å². The zero-order valence-corrected chi connectivity index (χ0v) is 12.3. The number of hydrogen-bond donors (Lipinski definition) is 1. The van der Waals surface area contributed by atoms with Gasteiger partial charge in [0.2, 0.25) is 0 Å². The molecule has 0 aliphatic rings. The van der Waals surface area contributed by atoms with Crippen molar-refractivity contribution in [3.8, 4) is 0 Å². The van der Waals surface area contributed by atoms with E-state index in [-0.39, 0.29) is 12.0 Å². The minimum atomic E-state index is -1.24. The third kappa shape index (κ3) is 2.69. The van der Waals surface area contributed by atoms with Crippen LogP contribution in [0.5, 0.6) is 0 Å². The van der Waals surface area contributed by atoms with E-state index in [1.54, 1.807) is 6.92 Å². The lowest BCUT2D eigenvalue weighted by atomic mass is 9.94. The zero-order valence-electron chi connectivity index (χ0n) is 11.4. The van der Waals surface area contributed by atoms with Gasteiger partial charge in [0.05, 0.1) is 0 Å². The quantitative estimate of drug-likeness (QED) is 0.748. The predicted molar refractivity (Wildman–Crippen MR) is 81.5 cm³/mol. The molecule has 1 aromatic heterocycles. The molecule has 0 spiro atoms. The lowest BCUT2D eigenvalue weighted by molar-refractivity contribution is 0.0605. The van der Waals surface area contributed by atoms with E-state index in [1.165, 1.54) is 23.5 Å². The summed E-state index contributed by atoms with van der Waals surface area (Å²) in [6.45, 7) is 1.63. The maximum absolute atomic E-state index is 13.8. The van der Waals surface area contributed by atoms with E-state index in [0.717, 1.165) is 21.0 Å². The van der Waals surface area contributed by atoms with Crippen LogP contribution in [0.3, 0.4) is 0 Å². The molecule has 1 atom stereocenters. The van der Waals surface area contributed by atoms with Crippen LogP contribution in [0.4, 0.5) is 8.78 Å². The Morgan fingerprint density at radius 1 is 1.10 bits per heavy atom. The summed E-state index contributed by atoms with van der Waals surface area (Å²) in [5.74, 6) is -1.78. The van der Waals surface area contributed by atoms with E-state index in [2.05, 4.69) is 0 Å². The molecular weight excluding hydrogens is 290 g/mol. The normalized spacial score (nSPS) is 14.3. The molecule has 0 saturated carbocycles. The molecule has 1 heterocycles. The molecule has 0 aliphatic carbocycles. The molecule has 0 fully saturated rings. The average molecular weight is 304 g/mol. The third-order valence-electron chi connectivity index (χ3n) is 3.52. The smallest absolute Gasteiger partial charge is 0.162 e. The summed E-state index contributed by atoms with van der Waals surface area (Å²) in [5.41, 5.74) is -1.06. The Morgan fingerprint density at radius 3 is 2.62 bits per heavy atom. The lowest BCUT2D eigenvalue weighted by Crippen LogP contribution is -2.23. The molecule has 0 aliphatic heterocycles. The number of thiophene rings is 1. The van der Waals surface area contributed by atoms with E-state index in [0.29, 0.717) is 0 Å². The average Bonchev–Trinajstić information content (AvgIpc) is 2.88. The van der Waals surface area contributed by atoms with Gasteiger partial charge in [-0.15, -0.1) is 11.3 Å². The van der Waals surface area contributed by atoms with E-state index in [9.17, 15) is 13.9 Å². The minimum Gasteiger partial charge on any atom is -0.384 e. The fourth-order valence-corrected chi connectivity index (χ4v) is 3.50. The summed E-state index contributed by atoms with van der Waals surface area (Å²) in [6, 6.07) is 13.7. The Balaban J connectivity index is 1.97. The molecule has 0 radical (unpaired) electrons. The summed E-state index contributed by atoms with van der Waals surface area (Å²) in [4.78, 5) is 0.743. The van der Waals surface area contributed by atoms with Crippen LogP contribution in [-0.2, 0) is 12.0 Å². The van der Waals surface area contributed by atoms with Crippen molar-refractivity contribution in [3.63, 3.8) is 0 Å². The number of fused-ring (bicyclic) bond motifs is 1. The maximum atomic E-state index is 13.8. The minimum absolute atomic E-state index is 0.0312. The highest BCUT2D eigenvalue weighted by Crippen LogP contribution is 2.35. The molecule has 3 aromatic rings. The second-order valence-corrected chi connectivity index (χ2v) is 6.40. The molecular formula is C17H14F2OS. The summed E-state index contributed by atoms with van der Waals surface area (Å²) in [6.07, 6.45) is 0.0312. The van der Waals surface area contributed by atoms with Gasteiger partial charge in [0.25, 0.3) is 0 Å². The molecule has 1 unspecified atom stereocenters. The first-order valence-corrected chi connectivity index (χ1v) is 7.43. The fourth-order valence-electron chi connectivity index (χ4n) is 2.39. The van der Waals surface area contributed by atoms with Crippen molar-refractivity contribution in [2.45, 2.75) is 18.9 Å². The van der Waals surface area contributed by atoms with Crippen molar-refractivity contribution in [2.24, 2.45) is 0 Å². The SMILES string of the molecule is CC(O)(Cc1cccc(F)c1F)c1cc2ccccc2s1. The molecule has 0 bridgehead atoms. The topological polar surface area (TPSA) is 20.2 Å². The number of hydrogen-bond acceptors (Lipinski definition) is 2. The number of benzene rings is 2. The van der Waals surface area contributed by atoms with Gasteiger partial charge in [-0.05, 0) is 36.1 Å². The Labute approximate surface area is 125 Å². The van der Waals surface area contributed by atoms with Crippen LogP contribution in [0.2, 0.25) is 0 Å². The molecule has 21 heavy (non-hydrogen) atoms. The molecule has 2 aromatic carbocycles. The Bertz CT molecular complexity index is 759. The first-order chi connectivity index (χ1) is 9.97. The first-order valence-electron chi connectivity index (χ1n) is 6.62. The predicted octanol–water partition coefficient (Wildman–Crippen LogP) is 4.63. The molecule has 1 N–H and O–H groups in total. The summed E-state index contributed by atoms with van der Waals surface area (Å²) in [7, 11) is 0. The van der Waals surface area contributed by atoms with Crippen molar-refractivity contribution in [1.82, 2.24) is 0 Å². The van der Waals surface area contributed by atoms with E-state index in [4.69, 9.17) is 0 Å². The van der Waals surface area contributed by atoms with Crippen molar-refractivity contribution >= 4 is 21.4 Å². The molecule has 4 heteroatoms. The van der Waals surface area contributed by atoms with Crippen LogP contribution in [0.15, 0.2) is 48.5 Å². The van der Waals surface area contributed by atoms with Gasteiger partial charge in [-0.2, -0.15) is 0 Å². The van der Waals surface area contributed by atoms with E-state index < -0.39 is 17.2 Å². The monoisotopic (exact) mass is 304 g/mol. The van der Waals surface area contributed by atoms with Gasteiger partial charge in [0, 0.05) is 16.0 Å². The number of halogens is 2. The van der Waals surface area contributed by atoms with Gasteiger partial charge >= 0.3 is 0 Å². The fraction of sp³-hybridized carbons (Fsp3) is 0.176. The van der Waals surface area contributed by atoms with Gasteiger partial charge in [-0.3, -0.25) is 0 Å². The molecule has 0 amide bonds. The van der Waals surface area contributed by atoms with Crippen molar-refractivity contribution < 1.29 is 13.9 Å². The van der Waals surface area contributed by atoms with Gasteiger partial charge in [-0.25, -0.2) is 8.78 Å². The highest BCUT2D eigenvalue weighted by atomic mass is 32.1. The summed E-state index contributed by atoms with van der Waals surface area (Å²) >= 11 is 1.47. The molecule has 1 nitrogen and oxygen atoms in total. The zero-order chi connectivity index (χ0) is 15.0. The summed E-state index contributed by atoms with van der Waals surface area (Å²) in [5, 5.41) is 11.7. The van der Waals surface area contributed by atoms with Crippen LogP contribution >= 0.6 is 11.3 Å². The van der Waals surface area contributed by atoms with E-state index in [1.807, 2.05) is 30.3 Å². The van der Waals surface area contributed by atoms with E-state index >= 15 is 0 Å². The van der Waals surface area contributed by atoms with Crippen LogP contribution in [0.1, 0.15) is 17.4 Å². The molecule has 108 valence electrons. The van der Waals surface area contributed by atoms with Gasteiger partial charge in [0.1, 0.15) is 5.60 Å². The highest BCUT2D eigenvalue weighted by Gasteiger charge is 2.27. The number of rotatable bonds is 3. The van der Waals surface area contributed by atoms with Gasteiger partial charge < -0.3 is 5.11 Å². The Morgan fingerprint density at radius 2 is 1.86 bits per heavy atom. The highest BCUT2D eigenvalue weighted by molar-refractivity contribution is 7.19. The third-order valence-corrected chi connectivity index (χ3v) is 4.89. The standard InChI is InChI=1S/C17H14F2OS/c1-17(20,10-12-6-4-7-13(18)16(12)19)15-9-11-5-2-3-8-14(11)21-15/h2-9,20H,10H2,1H3. The number of aliphatic hydroxyl groups is 1. The lowest BCUT2D eigenvalue weighted by Gasteiger charge is -2.22. The Hall–Kier alpha value is -1.78. The largest absolute Gasteiger partial charge is 0.384 e. The van der Waals surface area contributed by atoms with Crippen LogP contribution < -0.4 is 0 Å². The van der Waals surface area contributed by atoms with Gasteiger partial charge in [0.15, 0.2) is 11.6 Å². The Kier molecular flexibility index (Phi) is 3.51.